The monoisotopic (exact) mass is 454 g/mol. The number of rotatable bonds is 5. The molecule has 3 aromatic carbocycles. The molecule has 158 valence electrons. The molecule has 3 aromatic rings. The van der Waals surface area contributed by atoms with Crippen molar-refractivity contribution in [3.05, 3.63) is 95.0 Å². The predicted molar refractivity (Wildman–Crippen MR) is 121 cm³/mol. The van der Waals surface area contributed by atoms with Crippen molar-refractivity contribution in [1.82, 2.24) is 0 Å². The minimum absolute atomic E-state index is 0.0849. The van der Waals surface area contributed by atoms with Crippen LogP contribution in [0.2, 0.25) is 5.02 Å². The maximum atomic E-state index is 13.6. The Bertz CT molecular complexity index is 1230. The number of benzene rings is 3. The second kappa shape index (κ2) is 8.53. The van der Waals surface area contributed by atoms with Crippen LogP contribution in [0.1, 0.15) is 22.3 Å². The summed E-state index contributed by atoms with van der Waals surface area (Å²) >= 11 is 6.34. The Morgan fingerprint density at radius 2 is 1.61 bits per heavy atom. The number of carbonyl (C=O) groups excluding carboxylic acids is 2. The fourth-order valence-corrected chi connectivity index (χ4v) is 5.12. The van der Waals surface area contributed by atoms with Gasteiger partial charge in [-0.15, -0.1) is 0 Å². The van der Waals surface area contributed by atoms with Gasteiger partial charge in [0.15, 0.2) is 0 Å². The number of sulfonamides is 1. The summed E-state index contributed by atoms with van der Waals surface area (Å²) in [6.45, 7) is 0.297. The zero-order valence-electron chi connectivity index (χ0n) is 16.4. The van der Waals surface area contributed by atoms with E-state index >= 15 is 0 Å². The molecule has 1 fully saturated rings. The highest BCUT2D eigenvalue weighted by Gasteiger charge is 2.37. The Morgan fingerprint density at radius 3 is 2.23 bits per heavy atom. The van der Waals surface area contributed by atoms with E-state index in [4.69, 9.17) is 11.6 Å². The van der Waals surface area contributed by atoms with Crippen molar-refractivity contribution in [1.29, 1.82) is 0 Å². The third-order valence-corrected chi connectivity index (χ3v) is 7.01. The molecule has 1 saturated heterocycles. The van der Waals surface area contributed by atoms with E-state index in [1.807, 2.05) is 60.7 Å². The zero-order chi connectivity index (χ0) is 22.0. The van der Waals surface area contributed by atoms with E-state index in [2.05, 4.69) is 0 Å². The van der Waals surface area contributed by atoms with E-state index in [0.717, 1.165) is 9.87 Å². The van der Waals surface area contributed by atoms with Crippen LogP contribution >= 0.6 is 11.6 Å². The highest BCUT2D eigenvalue weighted by atomic mass is 35.5. The lowest BCUT2D eigenvalue weighted by Gasteiger charge is -2.24. The van der Waals surface area contributed by atoms with Gasteiger partial charge in [-0.2, -0.15) is 0 Å². The first-order valence-electron chi connectivity index (χ1n) is 9.63. The molecule has 1 aliphatic heterocycles. The Hall–Kier alpha value is -3.16. The molecular formula is C23H19ClN2O4S. The molecule has 8 heteroatoms. The van der Waals surface area contributed by atoms with Crippen LogP contribution in [0.25, 0.3) is 0 Å². The number of carbonyl (C=O) groups is 2. The Kier molecular flexibility index (Phi) is 5.80. The lowest BCUT2D eigenvalue weighted by atomic mass is 10.1. The van der Waals surface area contributed by atoms with Gasteiger partial charge in [-0.3, -0.25) is 9.59 Å². The van der Waals surface area contributed by atoms with Crippen LogP contribution in [0.4, 0.5) is 11.4 Å². The SMILES string of the molecule is O=C(c1cc(N2C(=O)CCS2(=O)=O)ccc1Cl)N(Cc1ccccc1)c1ccccc1. The molecule has 1 aliphatic rings. The van der Waals surface area contributed by atoms with Gasteiger partial charge in [-0.25, -0.2) is 12.7 Å². The lowest BCUT2D eigenvalue weighted by molar-refractivity contribution is -0.116. The van der Waals surface area contributed by atoms with Gasteiger partial charge in [-0.1, -0.05) is 60.1 Å². The second-order valence-electron chi connectivity index (χ2n) is 7.10. The molecule has 1 heterocycles. The minimum atomic E-state index is -3.75. The van der Waals surface area contributed by atoms with Gasteiger partial charge in [0, 0.05) is 12.1 Å². The number of amides is 2. The number of halogens is 1. The molecule has 0 aromatic heterocycles. The molecule has 0 aliphatic carbocycles. The summed E-state index contributed by atoms with van der Waals surface area (Å²) in [4.78, 5) is 27.3. The maximum absolute atomic E-state index is 13.6. The summed E-state index contributed by atoms with van der Waals surface area (Å²) in [6, 6.07) is 22.9. The molecule has 0 spiro atoms. The van der Waals surface area contributed by atoms with E-state index in [1.165, 1.54) is 18.2 Å². The smallest absolute Gasteiger partial charge is 0.260 e. The van der Waals surface area contributed by atoms with Crippen LogP contribution in [0.5, 0.6) is 0 Å². The number of nitrogens with zero attached hydrogens (tertiary/aromatic N) is 2. The third-order valence-electron chi connectivity index (χ3n) is 4.99. The number of hydrogen-bond acceptors (Lipinski definition) is 4. The molecule has 0 atom stereocenters. The molecular weight excluding hydrogens is 436 g/mol. The van der Waals surface area contributed by atoms with E-state index in [1.54, 1.807) is 4.90 Å². The Labute approximate surface area is 185 Å². The van der Waals surface area contributed by atoms with Gasteiger partial charge in [0.1, 0.15) is 0 Å². The van der Waals surface area contributed by atoms with Crippen molar-refractivity contribution in [2.24, 2.45) is 0 Å². The average molecular weight is 455 g/mol. The van der Waals surface area contributed by atoms with E-state index in [-0.39, 0.29) is 28.4 Å². The lowest BCUT2D eigenvalue weighted by Crippen LogP contribution is -2.32. The first kappa shape index (κ1) is 21.1. The number of hydrogen-bond donors (Lipinski definition) is 0. The van der Waals surface area contributed by atoms with E-state index in [9.17, 15) is 18.0 Å². The van der Waals surface area contributed by atoms with Crippen LogP contribution in [-0.2, 0) is 21.4 Å². The molecule has 2 amide bonds. The molecule has 0 N–H and O–H groups in total. The molecule has 0 radical (unpaired) electrons. The molecule has 0 bridgehead atoms. The van der Waals surface area contributed by atoms with Crippen molar-refractivity contribution < 1.29 is 18.0 Å². The highest BCUT2D eigenvalue weighted by Crippen LogP contribution is 2.31. The molecule has 0 unspecified atom stereocenters. The summed E-state index contributed by atoms with van der Waals surface area (Å²) in [6.07, 6.45) is -0.0849. The number of para-hydroxylation sites is 1. The standard InChI is InChI=1S/C23H19ClN2O4S/c24-21-12-11-19(26-22(27)13-14-31(26,29)30)15-20(21)23(28)25(18-9-5-2-6-10-18)16-17-7-3-1-4-8-17/h1-12,15H,13-14,16H2. The van der Waals surface area contributed by atoms with E-state index in [0.29, 0.717) is 12.2 Å². The Balaban J connectivity index is 1.76. The topological polar surface area (TPSA) is 74.8 Å². The van der Waals surface area contributed by atoms with Gasteiger partial charge >= 0.3 is 0 Å². The fraction of sp³-hybridized carbons (Fsp3) is 0.130. The van der Waals surface area contributed by atoms with Crippen molar-refractivity contribution in [2.45, 2.75) is 13.0 Å². The Morgan fingerprint density at radius 1 is 0.968 bits per heavy atom. The van der Waals surface area contributed by atoms with Gasteiger partial charge in [0.25, 0.3) is 5.91 Å². The summed E-state index contributed by atoms with van der Waals surface area (Å²) in [5, 5.41) is 0.173. The second-order valence-corrected chi connectivity index (χ2v) is 9.45. The van der Waals surface area contributed by atoms with Crippen molar-refractivity contribution >= 4 is 44.8 Å². The van der Waals surface area contributed by atoms with Crippen LogP contribution in [0, 0.1) is 0 Å². The van der Waals surface area contributed by atoms with Crippen LogP contribution in [0.15, 0.2) is 78.9 Å². The highest BCUT2D eigenvalue weighted by molar-refractivity contribution is 7.94. The molecule has 0 saturated carbocycles. The van der Waals surface area contributed by atoms with E-state index < -0.39 is 21.8 Å². The van der Waals surface area contributed by atoms with Crippen LogP contribution < -0.4 is 9.21 Å². The van der Waals surface area contributed by atoms with Crippen molar-refractivity contribution in [3.8, 4) is 0 Å². The van der Waals surface area contributed by atoms with Crippen molar-refractivity contribution in [3.63, 3.8) is 0 Å². The summed E-state index contributed by atoms with van der Waals surface area (Å²) in [5.74, 6) is -1.17. The minimum Gasteiger partial charge on any atom is -0.304 e. The summed E-state index contributed by atoms with van der Waals surface area (Å²) < 4.78 is 25.4. The number of anilines is 2. The van der Waals surface area contributed by atoms with Gasteiger partial charge in [-0.05, 0) is 35.9 Å². The molecule has 6 nitrogen and oxygen atoms in total. The largest absolute Gasteiger partial charge is 0.304 e. The first-order valence-corrected chi connectivity index (χ1v) is 11.6. The first-order chi connectivity index (χ1) is 14.9. The fourth-order valence-electron chi connectivity index (χ4n) is 3.47. The quantitative estimate of drug-likeness (QED) is 0.577. The van der Waals surface area contributed by atoms with Crippen molar-refractivity contribution in [2.75, 3.05) is 15.0 Å². The van der Waals surface area contributed by atoms with Crippen LogP contribution in [0.3, 0.4) is 0 Å². The maximum Gasteiger partial charge on any atom is 0.260 e. The normalized spacial score (nSPS) is 15.1. The van der Waals surface area contributed by atoms with Gasteiger partial charge in [0.05, 0.1) is 28.6 Å². The molecule has 4 rings (SSSR count). The predicted octanol–water partition coefficient (Wildman–Crippen LogP) is 4.25. The third kappa shape index (κ3) is 4.33. The van der Waals surface area contributed by atoms with Crippen LogP contribution in [-0.4, -0.2) is 26.0 Å². The summed E-state index contributed by atoms with van der Waals surface area (Å²) in [7, 11) is -3.75. The van der Waals surface area contributed by atoms with Gasteiger partial charge < -0.3 is 4.90 Å². The summed E-state index contributed by atoms with van der Waals surface area (Å²) in [5.41, 5.74) is 1.82. The zero-order valence-corrected chi connectivity index (χ0v) is 18.0. The molecule has 31 heavy (non-hydrogen) atoms. The average Bonchev–Trinajstić information content (AvgIpc) is 3.05. The van der Waals surface area contributed by atoms with Gasteiger partial charge in [0.2, 0.25) is 15.9 Å².